The van der Waals surface area contributed by atoms with E-state index in [9.17, 15) is 9.59 Å². The summed E-state index contributed by atoms with van der Waals surface area (Å²) in [6, 6.07) is 0.196. The number of hydrogen-bond donors (Lipinski definition) is 1. The summed E-state index contributed by atoms with van der Waals surface area (Å²) in [5.41, 5.74) is 0. The maximum Gasteiger partial charge on any atom is 0.323 e. The molecule has 2 fully saturated rings. The van der Waals surface area contributed by atoms with Crippen molar-refractivity contribution in [2.75, 3.05) is 6.54 Å². The van der Waals surface area contributed by atoms with E-state index < -0.39 is 5.97 Å². The van der Waals surface area contributed by atoms with Crippen molar-refractivity contribution in [3.63, 3.8) is 0 Å². The quantitative estimate of drug-likeness (QED) is 0.805. The first kappa shape index (κ1) is 14.4. The van der Waals surface area contributed by atoms with Gasteiger partial charge in [0.2, 0.25) is 5.91 Å². The van der Waals surface area contributed by atoms with E-state index in [-0.39, 0.29) is 18.5 Å². The number of rotatable bonds is 6. The van der Waals surface area contributed by atoms with Gasteiger partial charge in [-0.2, -0.15) is 0 Å². The van der Waals surface area contributed by atoms with E-state index in [2.05, 4.69) is 6.92 Å². The van der Waals surface area contributed by atoms with Gasteiger partial charge in [-0.1, -0.05) is 39.0 Å². The van der Waals surface area contributed by atoms with Gasteiger partial charge in [0.15, 0.2) is 0 Å². The van der Waals surface area contributed by atoms with Crippen LogP contribution in [0.15, 0.2) is 0 Å². The van der Waals surface area contributed by atoms with E-state index in [1.165, 1.54) is 32.1 Å². The fourth-order valence-electron chi connectivity index (χ4n) is 3.22. The lowest BCUT2D eigenvalue weighted by Crippen LogP contribution is -2.38. The highest BCUT2D eigenvalue weighted by Gasteiger charge is 2.35. The minimum atomic E-state index is -0.898. The number of aliphatic carboxylic acids is 1. The number of carboxylic acids is 1. The van der Waals surface area contributed by atoms with Crippen LogP contribution in [-0.4, -0.2) is 34.5 Å². The van der Waals surface area contributed by atoms with Gasteiger partial charge < -0.3 is 10.0 Å². The third-order valence-corrected chi connectivity index (χ3v) is 4.56. The predicted molar refractivity (Wildman–Crippen MR) is 72.7 cm³/mol. The highest BCUT2D eigenvalue weighted by atomic mass is 16.4. The molecule has 1 atom stereocenters. The van der Waals surface area contributed by atoms with Crippen LogP contribution in [0.4, 0.5) is 0 Å². The second-order valence-corrected chi connectivity index (χ2v) is 6.23. The number of carboxylic acid groups (broad SMARTS) is 1. The second-order valence-electron chi connectivity index (χ2n) is 6.23. The van der Waals surface area contributed by atoms with Crippen LogP contribution in [0.1, 0.15) is 58.3 Å². The van der Waals surface area contributed by atoms with E-state index in [0.717, 1.165) is 12.8 Å². The van der Waals surface area contributed by atoms with Crippen molar-refractivity contribution >= 4 is 11.9 Å². The number of amides is 1. The van der Waals surface area contributed by atoms with Crippen molar-refractivity contribution < 1.29 is 14.7 Å². The molecule has 0 aromatic heterocycles. The molecule has 4 heteroatoms. The molecule has 2 rings (SSSR count). The average Bonchev–Trinajstić information content (AvgIpc) is 3.21. The Morgan fingerprint density at radius 1 is 1.16 bits per heavy atom. The molecule has 19 heavy (non-hydrogen) atoms. The van der Waals surface area contributed by atoms with Gasteiger partial charge in [-0.3, -0.25) is 9.59 Å². The molecule has 0 saturated heterocycles. The zero-order chi connectivity index (χ0) is 13.8. The topological polar surface area (TPSA) is 57.6 Å². The first-order valence-corrected chi connectivity index (χ1v) is 7.59. The average molecular weight is 267 g/mol. The zero-order valence-electron chi connectivity index (χ0n) is 11.8. The molecular formula is C15H25NO3. The third-order valence-electron chi connectivity index (χ3n) is 4.56. The minimum absolute atomic E-state index is 0.0444. The summed E-state index contributed by atoms with van der Waals surface area (Å²) in [5.74, 6) is 0.194. The summed E-state index contributed by atoms with van der Waals surface area (Å²) < 4.78 is 0. The van der Waals surface area contributed by atoms with E-state index in [0.29, 0.717) is 18.3 Å². The summed E-state index contributed by atoms with van der Waals surface area (Å²) >= 11 is 0. The van der Waals surface area contributed by atoms with Crippen LogP contribution in [-0.2, 0) is 9.59 Å². The van der Waals surface area contributed by atoms with Crippen molar-refractivity contribution in [1.29, 1.82) is 0 Å². The van der Waals surface area contributed by atoms with Crippen LogP contribution < -0.4 is 0 Å². The van der Waals surface area contributed by atoms with Gasteiger partial charge >= 0.3 is 5.97 Å². The lowest BCUT2D eigenvalue weighted by atomic mass is 9.79. The molecule has 2 saturated carbocycles. The lowest BCUT2D eigenvalue weighted by Gasteiger charge is -2.29. The molecule has 2 aliphatic carbocycles. The van der Waals surface area contributed by atoms with Gasteiger partial charge in [-0.05, 0) is 24.7 Å². The summed E-state index contributed by atoms with van der Waals surface area (Å²) in [6.07, 6.45) is 8.81. The predicted octanol–water partition coefficient (Wildman–Crippen LogP) is 2.67. The van der Waals surface area contributed by atoms with E-state index in [4.69, 9.17) is 5.11 Å². The van der Waals surface area contributed by atoms with E-state index in [1.54, 1.807) is 4.90 Å². The van der Waals surface area contributed by atoms with Gasteiger partial charge in [0, 0.05) is 12.5 Å². The Labute approximate surface area is 115 Å². The van der Waals surface area contributed by atoms with Crippen molar-refractivity contribution in [3.8, 4) is 0 Å². The lowest BCUT2D eigenvalue weighted by molar-refractivity contribution is -0.145. The molecule has 108 valence electrons. The zero-order valence-corrected chi connectivity index (χ0v) is 11.8. The molecule has 1 unspecified atom stereocenters. The van der Waals surface area contributed by atoms with Gasteiger partial charge in [0.05, 0.1) is 0 Å². The third kappa shape index (κ3) is 4.22. The van der Waals surface area contributed by atoms with Crippen molar-refractivity contribution in [2.45, 2.75) is 64.3 Å². The monoisotopic (exact) mass is 267 g/mol. The Balaban J connectivity index is 1.85. The van der Waals surface area contributed by atoms with Crippen LogP contribution >= 0.6 is 0 Å². The van der Waals surface area contributed by atoms with Crippen LogP contribution in [0.2, 0.25) is 0 Å². The molecule has 0 aliphatic heterocycles. The summed E-state index contributed by atoms with van der Waals surface area (Å²) in [5, 5.41) is 8.90. The Bertz CT molecular complexity index is 332. The smallest absolute Gasteiger partial charge is 0.323 e. The standard InChI is InChI=1S/C15H25NO3/c1-11(12-5-3-2-4-6-12)9-14(17)16(10-15(18)19)13-7-8-13/h11-13H,2-10H2,1H3,(H,18,19). The van der Waals surface area contributed by atoms with Crippen LogP contribution in [0, 0.1) is 11.8 Å². The molecule has 0 bridgehead atoms. The number of hydrogen-bond acceptors (Lipinski definition) is 2. The van der Waals surface area contributed by atoms with Gasteiger partial charge in [0.25, 0.3) is 0 Å². The molecular weight excluding hydrogens is 242 g/mol. The molecule has 1 N–H and O–H groups in total. The Morgan fingerprint density at radius 3 is 2.32 bits per heavy atom. The second kappa shape index (κ2) is 6.40. The summed E-state index contributed by atoms with van der Waals surface area (Å²) in [4.78, 5) is 24.7. The highest BCUT2D eigenvalue weighted by Crippen LogP contribution is 2.33. The molecule has 0 aromatic carbocycles. The number of carbonyl (C=O) groups excluding carboxylic acids is 1. The van der Waals surface area contributed by atoms with Gasteiger partial charge in [-0.15, -0.1) is 0 Å². The van der Waals surface area contributed by atoms with Gasteiger partial charge in [0.1, 0.15) is 6.54 Å². The summed E-state index contributed by atoms with van der Waals surface area (Å²) in [7, 11) is 0. The van der Waals surface area contributed by atoms with Crippen molar-refractivity contribution in [3.05, 3.63) is 0 Å². The number of nitrogens with zero attached hydrogens (tertiary/aromatic N) is 1. The fourth-order valence-corrected chi connectivity index (χ4v) is 3.22. The molecule has 0 spiro atoms. The summed E-state index contributed by atoms with van der Waals surface area (Å²) in [6.45, 7) is 2.03. The Hall–Kier alpha value is -1.06. The Kier molecular flexibility index (Phi) is 4.83. The molecule has 0 radical (unpaired) electrons. The maximum absolute atomic E-state index is 12.3. The van der Waals surface area contributed by atoms with Crippen LogP contribution in [0.25, 0.3) is 0 Å². The Morgan fingerprint density at radius 2 is 1.79 bits per heavy atom. The molecule has 0 heterocycles. The molecule has 1 amide bonds. The van der Waals surface area contributed by atoms with Gasteiger partial charge in [-0.25, -0.2) is 0 Å². The van der Waals surface area contributed by atoms with E-state index in [1.807, 2.05) is 0 Å². The maximum atomic E-state index is 12.3. The largest absolute Gasteiger partial charge is 0.480 e. The highest BCUT2D eigenvalue weighted by molar-refractivity contribution is 5.82. The minimum Gasteiger partial charge on any atom is -0.480 e. The molecule has 0 aromatic rings. The SMILES string of the molecule is CC(CC(=O)N(CC(=O)O)C1CC1)C1CCCCC1. The fraction of sp³-hybridized carbons (Fsp3) is 0.867. The normalized spacial score (nSPS) is 21.9. The van der Waals surface area contributed by atoms with Crippen molar-refractivity contribution in [2.24, 2.45) is 11.8 Å². The van der Waals surface area contributed by atoms with Crippen LogP contribution in [0.3, 0.4) is 0 Å². The first-order chi connectivity index (χ1) is 9.08. The number of carbonyl (C=O) groups is 2. The molecule has 4 nitrogen and oxygen atoms in total. The van der Waals surface area contributed by atoms with Crippen LogP contribution in [0.5, 0.6) is 0 Å². The van der Waals surface area contributed by atoms with Crippen molar-refractivity contribution in [1.82, 2.24) is 4.90 Å². The van der Waals surface area contributed by atoms with E-state index >= 15 is 0 Å². The molecule has 2 aliphatic rings. The first-order valence-electron chi connectivity index (χ1n) is 7.59.